The number of carboxylic acids is 1. The Morgan fingerprint density at radius 3 is 0.468 bits per heavy atom. The second-order valence-electron chi connectivity index (χ2n) is 30.3. The van der Waals surface area contributed by atoms with E-state index in [0.717, 1.165) is 64.2 Å². The average molecular weight is 1550 g/mol. The van der Waals surface area contributed by atoms with Gasteiger partial charge in [0.05, 0.1) is 33.0 Å². The third-order valence-corrected chi connectivity index (χ3v) is 20.2. The number of carboxylic acid groups (broad SMARTS) is 1. The lowest BCUT2D eigenvalue weighted by atomic mass is 10.1. The maximum atomic E-state index is 11.6. The summed E-state index contributed by atoms with van der Waals surface area (Å²) in [5, 5.41) is 23.8. The molecule has 6 rings (SSSR count). The number of amides is 6. The molecule has 0 bridgehead atoms. The van der Waals surface area contributed by atoms with E-state index in [0.29, 0.717) is 110 Å². The predicted octanol–water partition coefficient (Wildman–Crippen LogP) is 16.0. The SMILES string of the molecule is CCCCCCCCCCCCCOC(=O)[C@@H]1CCC(=O)N1.CCCCCCCCCCCCOC(=O)[C@@H]1CCC(=O)N1.CCCCCCCCCCCOC(=O)[C@@H]1CCC(=O)N1.CCCCCCCCCCOC(=O)[C@@H]1CCC(=O)N1.CCCCCCCCCOC(=O)[C@@H]1CCC(=O)N1.O=C1CC[C@@H](C(=O)O)N1. The van der Waals surface area contributed by atoms with Crippen LogP contribution < -0.4 is 31.9 Å². The minimum atomic E-state index is -0.944. The molecule has 6 aliphatic rings. The van der Waals surface area contributed by atoms with Crippen LogP contribution in [0.2, 0.25) is 0 Å². The minimum absolute atomic E-state index is 0.0448. The zero-order valence-electron chi connectivity index (χ0n) is 68.7. The summed E-state index contributed by atoms with van der Waals surface area (Å²) >= 11 is 0. The van der Waals surface area contributed by atoms with Gasteiger partial charge in [-0.15, -0.1) is 0 Å². The molecule has 24 nitrogen and oxygen atoms in total. The summed E-state index contributed by atoms with van der Waals surface area (Å²) in [6.07, 6.45) is 62.2. The monoisotopic (exact) mass is 1550 g/mol. The fraction of sp³-hybridized carbons (Fsp3) is 0.859. The van der Waals surface area contributed by atoms with E-state index in [2.05, 4.69) is 66.5 Å². The second kappa shape index (κ2) is 70.7. The van der Waals surface area contributed by atoms with Crippen molar-refractivity contribution in [1.82, 2.24) is 31.9 Å². The van der Waals surface area contributed by atoms with Crippen molar-refractivity contribution in [3.05, 3.63) is 0 Å². The van der Waals surface area contributed by atoms with E-state index in [9.17, 15) is 57.5 Å². The zero-order valence-corrected chi connectivity index (χ0v) is 68.7. The van der Waals surface area contributed by atoms with Crippen LogP contribution in [0.25, 0.3) is 0 Å². The van der Waals surface area contributed by atoms with Gasteiger partial charge in [-0.25, -0.2) is 28.8 Å². The molecule has 6 saturated heterocycles. The van der Waals surface area contributed by atoms with Crippen LogP contribution in [-0.2, 0) is 81.2 Å². The Kier molecular flexibility index (Phi) is 65.3. The average Bonchev–Trinajstić information content (AvgIpc) is 1.82. The van der Waals surface area contributed by atoms with Gasteiger partial charge in [-0.1, -0.05) is 291 Å². The first-order valence-corrected chi connectivity index (χ1v) is 43.7. The molecule has 6 fully saturated rings. The van der Waals surface area contributed by atoms with Crippen LogP contribution in [0, 0.1) is 0 Å². The van der Waals surface area contributed by atoms with E-state index in [4.69, 9.17) is 28.8 Å². The maximum Gasteiger partial charge on any atom is 0.328 e. The highest BCUT2D eigenvalue weighted by atomic mass is 16.6. The summed E-state index contributed by atoms with van der Waals surface area (Å²) in [4.78, 5) is 133. The van der Waals surface area contributed by atoms with Crippen LogP contribution in [0.4, 0.5) is 0 Å². The lowest BCUT2D eigenvalue weighted by Crippen LogP contribution is -2.34. The molecule has 0 unspecified atom stereocenters. The molecule has 109 heavy (non-hydrogen) atoms. The van der Waals surface area contributed by atoms with Gasteiger partial charge in [-0.3, -0.25) is 28.8 Å². The number of carbonyl (C=O) groups excluding carboxylic acids is 11. The summed E-state index contributed by atoms with van der Waals surface area (Å²) in [6.45, 7) is 13.6. The van der Waals surface area contributed by atoms with E-state index in [-0.39, 0.29) is 65.3 Å². The van der Waals surface area contributed by atoms with Crippen molar-refractivity contribution in [3.8, 4) is 0 Å². The van der Waals surface area contributed by atoms with Crippen LogP contribution in [0.1, 0.15) is 401 Å². The highest BCUT2D eigenvalue weighted by Gasteiger charge is 2.32. The lowest BCUT2D eigenvalue weighted by Gasteiger charge is -2.09. The molecular formula is C85H152N6O18. The van der Waals surface area contributed by atoms with E-state index in [1.165, 1.54) is 225 Å². The fourth-order valence-electron chi connectivity index (χ4n) is 13.2. The van der Waals surface area contributed by atoms with E-state index in [1.807, 2.05) is 0 Å². The molecule has 6 heterocycles. The van der Waals surface area contributed by atoms with Crippen molar-refractivity contribution < 1.29 is 86.3 Å². The Labute approximate surface area is 656 Å². The van der Waals surface area contributed by atoms with Gasteiger partial charge in [-0.05, 0) is 70.6 Å². The number of esters is 5. The van der Waals surface area contributed by atoms with Gasteiger partial charge >= 0.3 is 35.8 Å². The number of ether oxygens (including phenoxy) is 5. The third-order valence-electron chi connectivity index (χ3n) is 20.2. The van der Waals surface area contributed by atoms with Crippen LogP contribution in [-0.4, -0.2) is 146 Å². The van der Waals surface area contributed by atoms with Gasteiger partial charge in [0.15, 0.2) is 0 Å². The van der Waals surface area contributed by atoms with Crippen LogP contribution in [0.5, 0.6) is 0 Å². The van der Waals surface area contributed by atoms with Crippen molar-refractivity contribution in [1.29, 1.82) is 0 Å². The normalized spacial score (nSPS) is 18.7. The first kappa shape index (κ1) is 101. The fourth-order valence-corrected chi connectivity index (χ4v) is 13.2. The first-order valence-electron chi connectivity index (χ1n) is 43.7. The summed E-state index contributed by atoms with van der Waals surface area (Å²) in [5.74, 6) is -2.68. The minimum Gasteiger partial charge on any atom is -0.480 e. The molecule has 0 spiro atoms. The van der Waals surface area contributed by atoms with Gasteiger partial charge in [0.1, 0.15) is 36.3 Å². The summed E-state index contributed by atoms with van der Waals surface area (Å²) in [5.41, 5.74) is 0. The van der Waals surface area contributed by atoms with Crippen molar-refractivity contribution >= 4 is 71.3 Å². The van der Waals surface area contributed by atoms with E-state index >= 15 is 0 Å². The molecule has 630 valence electrons. The number of nitrogens with one attached hydrogen (secondary N) is 6. The molecular weight excluding hydrogens is 1390 g/mol. The molecule has 0 radical (unpaired) electrons. The van der Waals surface area contributed by atoms with Crippen LogP contribution in [0.3, 0.4) is 0 Å². The summed E-state index contributed by atoms with van der Waals surface area (Å²) < 4.78 is 25.9. The van der Waals surface area contributed by atoms with Gasteiger partial charge in [0, 0.05) is 38.5 Å². The van der Waals surface area contributed by atoms with E-state index in [1.54, 1.807) is 0 Å². The number of carbonyl (C=O) groups is 12. The second-order valence-corrected chi connectivity index (χ2v) is 30.3. The van der Waals surface area contributed by atoms with Gasteiger partial charge in [-0.2, -0.15) is 0 Å². The van der Waals surface area contributed by atoms with Crippen molar-refractivity contribution in [2.24, 2.45) is 0 Å². The molecule has 0 aromatic rings. The molecule has 0 aromatic carbocycles. The molecule has 24 heteroatoms. The zero-order chi connectivity index (χ0) is 80.0. The molecule has 6 atom stereocenters. The number of rotatable bonds is 56. The Balaban J connectivity index is 0.000000662. The highest BCUT2D eigenvalue weighted by Crippen LogP contribution is 2.18. The summed E-state index contributed by atoms with van der Waals surface area (Å²) in [6, 6.07) is -2.65. The number of hydrogen-bond donors (Lipinski definition) is 7. The summed E-state index contributed by atoms with van der Waals surface area (Å²) in [7, 11) is 0. The highest BCUT2D eigenvalue weighted by molar-refractivity contribution is 5.91. The van der Waals surface area contributed by atoms with Gasteiger partial charge in [0.2, 0.25) is 35.4 Å². The topological polar surface area (TPSA) is 343 Å². The Bertz CT molecular complexity index is 2450. The maximum absolute atomic E-state index is 11.6. The largest absolute Gasteiger partial charge is 0.480 e. The lowest BCUT2D eigenvalue weighted by molar-refractivity contribution is -0.147. The predicted molar refractivity (Wildman–Crippen MR) is 426 cm³/mol. The standard InChI is InChI=1S/C18H33NO3.C17H31NO3.C16H29NO3.C15H27NO3.C14H25NO3.C5H7NO3/c1-2-3-4-5-6-7-8-9-10-11-12-15-22-18(21)16-13-14-17(20)19-16;1-2-3-4-5-6-7-8-9-10-11-14-21-17(20)15-12-13-16(19)18-15;1-2-3-4-5-6-7-8-9-10-13-20-16(19)14-11-12-15(18)17-14;1-2-3-4-5-6-7-8-9-12-19-15(18)13-10-11-14(17)16-13;1-2-3-4-5-6-7-8-11-18-14(17)12-9-10-13(16)15-12;7-4-2-1-3(6-4)5(8)9/h16H,2-15H2,1H3,(H,19,20);15H,2-14H2,1H3,(H,18,19);14H,2-13H2,1H3,(H,17,18);13H,2-12H2,1H3,(H,16,17);12H,2-11H2,1H3,(H,15,16);3H,1-2H2,(H,6,7)(H,8,9)/t16-;15-;14-;13-;12-;3-/m000000/s1. The van der Waals surface area contributed by atoms with Crippen molar-refractivity contribution in [2.75, 3.05) is 33.0 Å². The number of unbranched alkanes of at least 4 members (excludes halogenated alkanes) is 40. The number of aliphatic carboxylic acids is 1. The number of hydrogen-bond acceptors (Lipinski definition) is 17. The first-order chi connectivity index (χ1) is 52.9. The third kappa shape index (κ3) is 58.2. The quantitative estimate of drug-likeness (QED) is 0.0169. The Hall–Kier alpha value is -6.36. The van der Waals surface area contributed by atoms with Gasteiger partial charge < -0.3 is 60.7 Å². The Morgan fingerprint density at radius 1 is 0.229 bits per heavy atom. The van der Waals surface area contributed by atoms with Crippen LogP contribution >= 0.6 is 0 Å². The molecule has 6 aliphatic heterocycles. The molecule has 7 N–H and O–H groups in total. The van der Waals surface area contributed by atoms with Crippen LogP contribution in [0.15, 0.2) is 0 Å². The van der Waals surface area contributed by atoms with Crippen molar-refractivity contribution in [3.63, 3.8) is 0 Å². The molecule has 0 saturated carbocycles. The van der Waals surface area contributed by atoms with Crippen molar-refractivity contribution in [2.45, 2.75) is 437 Å². The van der Waals surface area contributed by atoms with E-state index < -0.39 is 42.2 Å². The van der Waals surface area contributed by atoms with Gasteiger partial charge in [0.25, 0.3) is 0 Å². The Morgan fingerprint density at radius 2 is 0.358 bits per heavy atom. The molecule has 0 aliphatic carbocycles. The molecule has 0 aromatic heterocycles. The molecule has 6 amide bonds. The smallest absolute Gasteiger partial charge is 0.328 e.